The van der Waals surface area contributed by atoms with E-state index in [9.17, 15) is 0 Å². The molecule has 0 bridgehead atoms. The molecular formula is C9H16N2O. The van der Waals surface area contributed by atoms with E-state index >= 15 is 0 Å². The Morgan fingerprint density at radius 3 is 2.58 bits per heavy atom. The predicted octanol–water partition coefficient (Wildman–Crippen LogP) is 2.04. The van der Waals surface area contributed by atoms with Gasteiger partial charge in [0.05, 0.1) is 7.11 Å². The van der Waals surface area contributed by atoms with Crippen LogP contribution in [0.2, 0.25) is 0 Å². The lowest BCUT2D eigenvalue weighted by molar-refractivity contribution is 0.384. The van der Waals surface area contributed by atoms with Crippen LogP contribution in [0.3, 0.4) is 0 Å². The lowest BCUT2D eigenvalue weighted by atomic mass is 10.1. The first-order valence-corrected chi connectivity index (χ1v) is 4.30. The van der Waals surface area contributed by atoms with Crippen molar-refractivity contribution in [1.82, 2.24) is 9.78 Å². The zero-order valence-corrected chi connectivity index (χ0v) is 8.16. The van der Waals surface area contributed by atoms with Gasteiger partial charge in [-0.3, -0.25) is 4.68 Å². The molecule has 0 saturated carbocycles. The van der Waals surface area contributed by atoms with Gasteiger partial charge in [-0.25, -0.2) is 0 Å². The van der Waals surface area contributed by atoms with Crippen molar-refractivity contribution in [3.05, 3.63) is 11.8 Å². The summed E-state index contributed by atoms with van der Waals surface area (Å²) in [5.74, 6) is 1.23. The van der Waals surface area contributed by atoms with Crippen LogP contribution in [0, 0.1) is 0 Å². The average Bonchev–Trinajstić information content (AvgIpc) is 2.47. The summed E-state index contributed by atoms with van der Waals surface area (Å²) < 4.78 is 7.05. The van der Waals surface area contributed by atoms with E-state index in [1.807, 2.05) is 10.9 Å². The molecule has 0 spiro atoms. The Hall–Kier alpha value is -0.990. The predicted molar refractivity (Wildman–Crippen MR) is 48.5 cm³/mol. The van der Waals surface area contributed by atoms with Crippen LogP contribution in [0.15, 0.2) is 6.20 Å². The van der Waals surface area contributed by atoms with E-state index < -0.39 is 0 Å². The molecule has 1 aromatic heterocycles. The van der Waals surface area contributed by atoms with Crippen molar-refractivity contribution < 1.29 is 4.74 Å². The van der Waals surface area contributed by atoms with Gasteiger partial charge in [-0.05, 0) is 12.8 Å². The van der Waals surface area contributed by atoms with Crippen LogP contribution in [0.5, 0.6) is 5.88 Å². The van der Waals surface area contributed by atoms with Gasteiger partial charge in [0.2, 0.25) is 5.88 Å². The molecule has 68 valence electrons. The minimum atomic E-state index is 0.472. The first-order chi connectivity index (χ1) is 5.69. The van der Waals surface area contributed by atoms with Gasteiger partial charge in [0, 0.05) is 18.3 Å². The lowest BCUT2D eigenvalue weighted by Gasteiger charge is -2.01. The van der Waals surface area contributed by atoms with Gasteiger partial charge in [0.25, 0.3) is 0 Å². The second kappa shape index (κ2) is 3.61. The molecule has 0 radical (unpaired) electrons. The van der Waals surface area contributed by atoms with Gasteiger partial charge in [-0.2, -0.15) is 0 Å². The average molecular weight is 168 g/mol. The van der Waals surface area contributed by atoms with Gasteiger partial charge in [0.15, 0.2) is 0 Å². The Morgan fingerprint density at radius 1 is 1.58 bits per heavy atom. The molecular weight excluding hydrogens is 152 g/mol. The molecule has 0 aliphatic carbocycles. The first-order valence-electron chi connectivity index (χ1n) is 4.30. The summed E-state index contributed by atoms with van der Waals surface area (Å²) in [5, 5.41) is 4.26. The maximum atomic E-state index is 5.16. The SMILES string of the molecule is CCn1cc(C(C)C)c(OC)n1. The third-order valence-corrected chi connectivity index (χ3v) is 1.89. The highest BCUT2D eigenvalue weighted by atomic mass is 16.5. The fourth-order valence-corrected chi connectivity index (χ4v) is 1.14. The minimum Gasteiger partial charge on any atom is -0.480 e. The van der Waals surface area contributed by atoms with Gasteiger partial charge < -0.3 is 4.74 Å². The van der Waals surface area contributed by atoms with Crippen molar-refractivity contribution in [3.63, 3.8) is 0 Å². The molecule has 0 aromatic carbocycles. The highest BCUT2D eigenvalue weighted by Crippen LogP contribution is 2.23. The van der Waals surface area contributed by atoms with Gasteiger partial charge >= 0.3 is 0 Å². The van der Waals surface area contributed by atoms with E-state index in [4.69, 9.17) is 4.74 Å². The highest BCUT2D eigenvalue weighted by molar-refractivity contribution is 5.26. The summed E-state index contributed by atoms with van der Waals surface area (Å²) in [6.07, 6.45) is 2.05. The van der Waals surface area contributed by atoms with Gasteiger partial charge in [-0.15, -0.1) is 5.10 Å². The Kier molecular flexibility index (Phi) is 2.74. The molecule has 0 fully saturated rings. The normalized spacial score (nSPS) is 10.8. The second-order valence-electron chi connectivity index (χ2n) is 3.10. The maximum absolute atomic E-state index is 5.16. The largest absolute Gasteiger partial charge is 0.480 e. The van der Waals surface area contributed by atoms with E-state index in [0.717, 1.165) is 12.4 Å². The molecule has 0 aliphatic heterocycles. The molecule has 0 N–H and O–H groups in total. The minimum absolute atomic E-state index is 0.472. The van der Waals surface area contributed by atoms with E-state index in [-0.39, 0.29) is 0 Å². The first kappa shape index (κ1) is 9.10. The molecule has 0 unspecified atom stereocenters. The summed E-state index contributed by atoms with van der Waals surface area (Å²) in [6, 6.07) is 0. The van der Waals surface area contributed by atoms with Gasteiger partial charge in [0.1, 0.15) is 0 Å². The molecule has 0 atom stereocenters. The van der Waals surface area contributed by atoms with Crippen LogP contribution in [0.1, 0.15) is 32.3 Å². The van der Waals surface area contributed by atoms with Crippen LogP contribution in [-0.4, -0.2) is 16.9 Å². The zero-order valence-electron chi connectivity index (χ0n) is 8.16. The second-order valence-corrected chi connectivity index (χ2v) is 3.10. The molecule has 1 aromatic rings. The molecule has 0 aliphatic rings. The number of hydrogen-bond acceptors (Lipinski definition) is 2. The van der Waals surface area contributed by atoms with E-state index in [1.165, 1.54) is 5.56 Å². The van der Waals surface area contributed by atoms with E-state index in [2.05, 4.69) is 25.9 Å². The third kappa shape index (κ3) is 1.60. The molecule has 1 heterocycles. The van der Waals surface area contributed by atoms with Gasteiger partial charge in [-0.1, -0.05) is 13.8 Å². The summed E-state index contributed by atoms with van der Waals surface area (Å²) in [5.41, 5.74) is 1.18. The fraction of sp³-hybridized carbons (Fsp3) is 0.667. The number of methoxy groups -OCH3 is 1. The summed E-state index contributed by atoms with van der Waals surface area (Å²) in [4.78, 5) is 0. The van der Waals surface area contributed by atoms with Crippen molar-refractivity contribution in [2.75, 3.05) is 7.11 Å². The number of hydrogen-bond donors (Lipinski definition) is 0. The molecule has 12 heavy (non-hydrogen) atoms. The highest BCUT2D eigenvalue weighted by Gasteiger charge is 2.11. The Labute approximate surface area is 73.3 Å². The summed E-state index contributed by atoms with van der Waals surface area (Å²) in [6.45, 7) is 7.23. The number of ether oxygens (including phenoxy) is 1. The van der Waals surface area contributed by atoms with Crippen LogP contribution in [-0.2, 0) is 6.54 Å². The Balaban J connectivity index is 3.00. The summed E-state index contributed by atoms with van der Waals surface area (Å²) >= 11 is 0. The standard InChI is InChI=1S/C9H16N2O/c1-5-11-6-8(7(2)3)9(10-11)12-4/h6-7H,5H2,1-4H3. The van der Waals surface area contributed by atoms with Crippen LogP contribution < -0.4 is 4.74 Å². The number of nitrogens with zero attached hydrogens (tertiary/aromatic N) is 2. The van der Waals surface area contributed by atoms with Crippen LogP contribution in [0.4, 0.5) is 0 Å². The lowest BCUT2D eigenvalue weighted by Crippen LogP contribution is -1.94. The van der Waals surface area contributed by atoms with E-state index in [0.29, 0.717) is 5.92 Å². The molecule has 1 rings (SSSR count). The van der Waals surface area contributed by atoms with Crippen molar-refractivity contribution in [1.29, 1.82) is 0 Å². The molecule has 3 heteroatoms. The smallest absolute Gasteiger partial charge is 0.235 e. The Morgan fingerprint density at radius 2 is 2.25 bits per heavy atom. The topological polar surface area (TPSA) is 27.1 Å². The monoisotopic (exact) mass is 168 g/mol. The zero-order chi connectivity index (χ0) is 9.14. The summed E-state index contributed by atoms with van der Waals surface area (Å²) in [7, 11) is 1.66. The number of aryl methyl sites for hydroxylation is 1. The van der Waals surface area contributed by atoms with E-state index in [1.54, 1.807) is 7.11 Å². The number of rotatable bonds is 3. The Bertz CT molecular complexity index is 253. The number of aromatic nitrogens is 2. The van der Waals surface area contributed by atoms with Crippen LogP contribution >= 0.6 is 0 Å². The van der Waals surface area contributed by atoms with Crippen LogP contribution in [0.25, 0.3) is 0 Å². The maximum Gasteiger partial charge on any atom is 0.235 e. The van der Waals surface area contributed by atoms with Crippen molar-refractivity contribution in [2.45, 2.75) is 33.2 Å². The van der Waals surface area contributed by atoms with Crippen molar-refractivity contribution >= 4 is 0 Å². The van der Waals surface area contributed by atoms with Crippen molar-refractivity contribution in [3.8, 4) is 5.88 Å². The molecule has 0 amide bonds. The quantitative estimate of drug-likeness (QED) is 0.690. The fourth-order valence-electron chi connectivity index (χ4n) is 1.14. The molecule has 0 saturated heterocycles. The third-order valence-electron chi connectivity index (χ3n) is 1.89. The van der Waals surface area contributed by atoms with Crippen molar-refractivity contribution in [2.24, 2.45) is 0 Å². The molecule has 3 nitrogen and oxygen atoms in total.